The Morgan fingerprint density at radius 2 is 2.17 bits per heavy atom. The van der Waals surface area contributed by atoms with Crippen LogP contribution >= 0.6 is 0 Å². The molecule has 156 valence electrons. The summed E-state index contributed by atoms with van der Waals surface area (Å²) in [6, 6.07) is 4.51. The van der Waals surface area contributed by atoms with Gasteiger partial charge in [0.15, 0.2) is 5.82 Å². The molecular formula is C18H25N7O4. The lowest BCUT2D eigenvalue weighted by Crippen LogP contribution is -2.35. The Morgan fingerprint density at radius 3 is 2.90 bits per heavy atom. The number of tetrazole rings is 1. The number of rotatable bonds is 12. The Balaban J connectivity index is 2.24. The summed E-state index contributed by atoms with van der Waals surface area (Å²) >= 11 is 0. The van der Waals surface area contributed by atoms with Crippen LogP contribution in [0.2, 0.25) is 0 Å². The Morgan fingerprint density at radius 1 is 1.34 bits per heavy atom. The Labute approximate surface area is 168 Å². The largest absolute Gasteiger partial charge is 0.464 e. The third kappa shape index (κ3) is 6.43. The van der Waals surface area contributed by atoms with Gasteiger partial charge in [-0.15, -0.1) is 5.10 Å². The number of carbonyl (C=O) groups is 2. The van der Waals surface area contributed by atoms with E-state index in [2.05, 4.69) is 37.7 Å². The second-order valence-electron chi connectivity index (χ2n) is 5.78. The van der Waals surface area contributed by atoms with Gasteiger partial charge < -0.3 is 20.1 Å². The van der Waals surface area contributed by atoms with Crippen LogP contribution in [0.5, 0.6) is 0 Å². The third-order valence-electron chi connectivity index (χ3n) is 3.89. The lowest BCUT2D eigenvalue weighted by Gasteiger charge is -2.18. The molecule has 11 nitrogen and oxygen atoms in total. The number of hydrogen-bond donors (Lipinski definition) is 2. The topological polar surface area (TPSA) is 133 Å². The fourth-order valence-electron chi connectivity index (χ4n) is 2.51. The van der Waals surface area contributed by atoms with Gasteiger partial charge in [0, 0.05) is 19.7 Å². The highest BCUT2D eigenvalue weighted by molar-refractivity contribution is 5.87. The van der Waals surface area contributed by atoms with Crippen molar-refractivity contribution in [2.45, 2.75) is 19.5 Å². The molecule has 0 fully saturated rings. The van der Waals surface area contributed by atoms with E-state index < -0.39 is 12.0 Å². The first-order valence-corrected chi connectivity index (χ1v) is 9.13. The van der Waals surface area contributed by atoms with Crippen molar-refractivity contribution in [2.75, 3.05) is 33.4 Å². The van der Waals surface area contributed by atoms with E-state index in [4.69, 9.17) is 9.47 Å². The highest BCUT2D eigenvalue weighted by atomic mass is 16.5. The number of amides is 1. The van der Waals surface area contributed by atoms with Gasteiger partial charge in [0.25, 0.3) is 0 Å². The van der Waals surface area contributed by atoms with Crippen LogP contribution in [0.15, 0.2) is 30.9 Å². The lowest BCUT2D eigenvalue weighted by molar-refractivity contribution is -0.116. The van der Waals surface area contributed by atoms with Gasteiger partial charge in [-0.05, 0) is 35.6 Å². The van der Waals surface area contributed by atoms with Crippen LogP contribution in [0.3, 0.4) is 0 Å². The maximum atomic E-state index is 11.9. The van der Waals surface area contributed by atoms with Gasteiger partial charge in [-0.1, -0.05) is 12.6 Å². The van der Waals surface area contributed by atoms with Crippen LogP contribution in [0.4, 0.5) is 0 Å². The molecule has 0 radical (unpaired) electrons. The smallest absolute Gasteiger partial charge is 0.356 e. The first-order valence-electron chi connectivity index (χ1n) is 9.13. The molecule has 2 aromatic rings. The molecule has 2 aromatic heterocycles. The number of carbonyl (C=O) groups excluding carboxylic acids is 2. The van der Waals surface area contributed by atoms with E-state index in [0.717, 1.165) is 0 Å². The molecule has 29 heavy (non-hydrogen) atoms. The van der Waals surface area contributed by atoms with E-state index in [0.29, 0.717) is 44.4 Å². The minimum atomic E-state index is -0.542. The molecule has 1 atom stereocenters. The molecule has 0 aromatic carbocycles. The zero-order valence-electron chi connectivity index (χ0n) is 16.5. The number of esters is 1. The summed E-state index contributed by atoms with van der Waals surface area (Å²) in [5.41, 5.74) is 0.709. The zero-order valence-corrected chi connectivity index (χ0v) is 16.5. The van der Waals surface area contributed by atoms with Crippen LogP contribution in [0, 0.1) is 0 Å². The molecular weight excluding hydrogens is 378 g/mol. The zero-order chi connectivity index (χ0) is 21.1. The summed E-state index contributed by atoms with van der Waals surface area (Å²) in [6.07, 6.45) is 1.20. The quantitative estimate of drug-likeness (QED) is 0.282. The molecule has 0 bridgehead atoms. The summed E-state index contributed by atoms with van der Waals surface area (Å²) in [6.45, 7) is 7.59. The van der Waals surface area contributed by atoms with Crippen LogP contribution in [0.25, 0.3) is 0 Å². The molecule has 1 unspecified atom stereocenters. The van der Waals surface area contributed by atoms with Crippen molar-refractivity contribution < 1.29 is 19.1 Å². The van der Waals surface area contributed by atoms with Crippen molar-refractivity contribution in [1.82, 2.24) is 35.8 Å². The van der Waals surface area contributed by atoms with Gasteiger partial charge in [-0.25, -0.2) is 14.5 Å². The number of methoxy groups -OCH3 is 1. The molecule has 1 amide bonds. The second-order valence-corrected chi connectivity index (χ2v) is 5.78. The molecule has 0 saturated carbocycles. The van der Waals surface area contributed by atoms with Crippen LogP contribution in [-0.2, 0) is 20.8 Å². The molecule has 2 N–H and O–H groups in total. The first-order chi connectivity index (χ1) is 14.1. The van der Waals surface area contributed by atoms with Crippen LogP contribution in [-0.4, -0.2) is 70.5 Å². The number of nitrogens with one attached hydrogen (secondary N) is 2. The fraction of sp³-hybridized carbons (Fsp3) is 0.444. The van der Waals surface area contributed by atoms with E-state index >= 15 is 0 Å². The van der Waals surface area contributed by atoms with Crippen molar-refractivity contribution in [2.24, 2.45) is 0 Å². The molecule has 0 aliphatic carbocycles. The van der Waals surface area contributed by atoms with E-state index in [1.54, 1.807) is 22.9 Å². The summed E-state index contributed by atoms with van der Waals surface area (Å²) < 4.78 is 11.7. The fourth-order valence-corrected chi connectivity index (χ4v) is 2.51. The van der Waals surface area contributed by atoms with Crippen molar-refractivity contribution >= 4 is 11.9 Å². The second kappa shape index (κ2) is 11.6. The Kier molecular flexibility index (Phi) is 8.86. The van der Waals surface area contributed by atoms with Gasteiger partial charge in [0.1, 0.15) is 11.7 Å². The average molecular weight is 403 g/mol. The summed E-state index contributed by atoms with van der Waals surface area (Å²) in [4.78, 5) is 27.6. The van der Waals surface area contributed by atoms with E-state index in [-0.39, 0.29) is 11.6 Å². The highest BCUT2D eigenvalue weighted by Crippen LogP contribution is 2.18. The predicted octanol–water partition coefficient (Wildman–Crippen LogP) is -0.128. The summed E-state index contributed by atoms with van der Waals surface area (Å²) in [5.74, 6) is -0.301. The minimum absolute atomic E-state index is 0.171. The third-order valence-corrected chi connectivity index (χ3v) is 3.89. The molecule has 2 heterocycles. The van der Waals surface area contributed by atoms with Crippen molar-refractivity contribution in [3.8, 4) is 0 Å². The number of hydrogen-bond acceptors (Lipinski definition) is 9. The Hall–Kier alpha value is -3.18. The van der Waals surface area contributed by atoms with E-state index in [1.807, 2.05) is 6.92 Å². The van der Waals surface area contributed by atoms with Gasteiger partial charge in [0.2, 0.25) is 5.91 Å². The van der Waals surface area contributed by atoms with Crippen molar-refractivity contribution in [3.05, 3.63) is 48.1 Å². The SMILES string of the molecule is C=CC(=O)NCCNC(c1cccc(C(=O)OC)n1)c1nnnn1CCOCC. The minimum Gasteiger partial charge on any atom is -0.464 e. The van der Waals surface area contributed by atoms with Gasteiger partial charge in [0.05, 0.1) is 26.0 Å². The van der Waals surface area contributed by atoms with E-state index in [9.17, 15) is 9.59 Å². The van der Waals surface area contributed by atoms with Crippen molar-refractivity contribution in [3.63, 3.8) is 0 Å². The number of aromatic nitrogens is 5. The molecule has 11 heteroatoms. The molecule has 0 aliphatic rings. The summed E-state index contributed by atoms with van der Waals surface area (Å²) in [5, 5.41) is 17.8. The molecule has 0 saturated heterocycles. The molecule has 0 spiro atoms. The van der Waals surface area contributed by atoms with E-state index in [1.165, 1.54) is 13.2 Å². The standard InChI is InChI=1S/C18H25N7O4/c1-4-15(26)19-9-10-20-16(13-7-6-8-14(21-13)18(27)28-3)17-22-23-24-25(17)11-12-29-5-2/h4,6-8,16,20H,1,5,9-12H2,2-3H3,(H,19,26). The van der Waals surface area contributed by atoms with Gasteiger partial charge in [-0.3, -0.25) is 4.79 Å². The normalized spacial score (nSPS) is 11.7. The monoisotopic (exact) mass is 403 g/mol. The average Bonchev–Trinajstić information content (AvgIpc) is 3.21. The van der Waals surface area contributed by atoms with Gasteiger partial charge in [-0.2, -0.15) is 0 Å². The molecule has 2 rings (SSSR count). The van der Waals surface area contributed by atoms with Crippen molar-refractivity contribution in [1.29, 1.82) is 0 Å². The maximum Gasteiger partial charge on any atom is 0.356 e. The lowest BCUT2D eigenvalue weighted by atomic mass is 10.1. The van der Waals surface area contributed by atoms with Crippen LogP contribution in [0.1, 0.15) is 35.0 Å². The van der Waals surface area contributed by atoms with Gasteiger partial charge >= 0.3 is 5.97 Å². The maximum absolute atomic E-state index is 11.9. The number of pyridine rings is 1. The molecule has 0 aliphatic heterocycles. The van der Waals surface area contributed by atoms with Crippen LogP contribution < -0.4 is 10.6 Å². The predicted molar refractivity (Wildman–Crippen MR) is 103 cm³/mol. The summed E-state index contributed by atoms with van der Waals surface area (Å²) in [7, 11) is 1.29. The number of nitrogens with zero attached hydrogens (tertiary/aromatic N) is 5. The Bertz CT molecular complexity index is 824. The number of ether oxygens (including phenoxy) is 2. The first kappa shape index (κ1) is 22.1. The highest BCUT2D eigenvalue weighted by Gasteiger charge is 2.23.